The molecule has 1 aliphatic heterocycles. The maximum absolute atomic E-state index is 12.8. The number of ether oxygens (including phenoxy) is 1. The molecule has 33 heavy (non-hydrogen) atoms. The highest BCUT2D eigenvalue weighted by Crippen LogP contribution is 2.73. The quantitative estimate of drug-likeness (QED) is 0.430. The first kappa shape index (κ1) is 22.6. The van der Waals surface area contributed by atoms with E-state index in [-0.39, 0.29) is 11.3 Å². The molecule has 0 spiro atoms. The highest BCUT2D eigenvalue weighted by Gasteiger charge is 2.69. The summed E-state index contributed by atoms with van der Waals surface area (Å²) in [6, 6.07) is 0. The van der Waals surface area contributed by atoms with Crippen molar-refractivity contribution < 1.29 is 14.6 Å². The van der Waals surface area contributed by atoms with Crippen molar-refractivity contribution in [1.29, 1.82) is 0 Å². The second kappa shape index (κ2) is 6.68. The van der Waals surface area contributed by atoms with Crippen LogP contribution in [0.5, 0.6) is 0 Å². The molecule has 0 aromatic carbocycles. The van der Waals surface area contributed by atoms with Crippen LogP contribution in [0.25, 0.3) is 0 Å². The van der Waals surface area contributed by atoms with Crippen LogP contribution in [0.3, 0.4) is 0 Å². The first-order valence-corrected chi connectivity index (χ1v) is 13.9. The molecule has 0 aromatic rings. The molecule has 4 saturated carbocycles. The molecule has 0 bridgehead atoms. The van der Waals surface area contributed by atoms with Gasteiger partial charge in [0.15, 0.2) is 0 Å². The van der Waals surface area contributed by atoms with Crippen LogP contribution in [-0.4, -0.2) is 23.8 Å². The van der Waals surface area contributed by atoms with Gasteiger partial charge in [-0.1, -0.05) is 53.2 Å². The van der Waals surface area contributed by atoms with Crippen LogP contribution < -0.4 is 0 Å². The summed E-state index contributed by atoms with van der Waals surface area (Å²) < 4.78 is 6.04. The zero-order valence-corrected chi connectivity index (χ0v) is 21.9. The summed E-state index contributed by atoms with van der Waals surface area (Å²) in [6.07, 6.45) is 13.3. The Kier molecular flexibility index (Phi) is 4.58. The number of carbonyl (C=O) groups is 1. The zero-order valence-electron chi connectivity index (χ0n) is 21.9. The highest BCUT2D eigenvalue weighted by molar-refractivity contribution is 5.76. The predicted octanol–water partition coefficient (Wildman–Crippen LogP) is 7.11. The largest absolute Gasteiger partial charge is 0.481 e. The van der Waals surface area contributed by atoms with Gasteiger partial charge in [-0.15, -0.1) is 0 Å². The number of fused-ring (bicyclic) bond motifs is 9. The van der Waals surface area contributed by atoms with Gasteiger partial charge in [0.1, 0.15) is 0 Å². The van der Waals surface area contributed by atoms with Crippen molar-refractivity contribution in [3.63, 3.8) is 0 Å². The topological polar surface area (TPSA) is 46.5 Å². The lowest BCUT2D eigenvalue weighted by Gasteiger charge is -2.71. The molecule has 5 fully saturated rings. The summed E-state index contributed by atoms with van der Waals surface area (Å²) in [4.78, 5) is 12.8. The minimum absolute atomic E-state index is 0.233. The Hall–Kier alpha value is -0.830. The Morgan fingerprint density at radius 2 is 1.67 bits per heavy atom. The molecule has 0 amide bonds. The number of aliphatic carboxylic acids is 1. The van der Waals surface area contributed by atoms with Crippen molar-refractivity contribution in [2.45, 2.75) is 105 Å². The maximum atomic E-state index is 12.8. The Morgan fingerprint density at radius 1 is 0.939 bits per heavy atom. The zero-order chi connectivity index (χ0) is 23.6. The number of carboxylic acids is 1. The van der Waals surface area contributed by atoms with Crippen molar-refractivity contribution in [3.05, 3.63) is 11.6 Å². The summed E-state index contributed by atoms with van der Waals surface area (Å²) in [5.41, 5.74) is 2.34. The molecular formula is C30H46O3. The lowest BCUT2D eigenvalue weighted by Crippen LogP contribution is -2.67. The van der Waals surface area contributed by atoms with E-state index in [1.807, 2.05) is 0 Å². The van der Waals surface area contributed by atoms with E-state index in [2.05, 4.69) is 47.6 Å². The van der Waals surface area contributed by atoms with E-state index in [4.69, 9.17) is 4.74 Å². The summed E-state index contributed by atoms with van der Waals surface area (Å²) >= 11 is 0. The van der Waals surface area contributed by atoms with Crippen molar-refractivity contribution >= 4 is 5.97 Å². The minimum Gasteiger partial charge on any atom is -0.481 e. The average molecular weight is 455 g/mol. The molecule has 0 unspecified atom stereocenters. The van der Waals surface area contributed by atoms with Crippen LogP contribution in [0.1, 0.15) is 99.3 Å². The highest BCUT2D eigenvalue weighted by atomic mass is 16.5. The van der Waals surface area contributed by atoms with Gasteiger partial charge in [-0.05, 0) is 104 Å². The number of rotatable bonds is 1. The lowest BCUT2D eigenvalue weighted by molar-refractivity contribution is -0.283. The summed E-state index contributed by atoms with van der Waals surface area (Å²) in [7, 11) is 0. The molecule has 1 heterocycles. The fraction of sp³-hybridized carbons (Fsp3) is 0.900. The first-order chi connectivity index (χ1) is 15.4. The van der Waals surface area contributed by atoms with Crippen LogP contribution in [0.15, 0.2) is 11.6 Å². The molecule has 0 radical (unpaired) electrons. The Bertz CT molecular complexity index is 904. The fourth-order valence-corrected chi connectivity index (χ4v) is 11.3. The van der Waals surface area contributed by atoms with Gasteiger partial charge < -0.3 is 9.84 Å². The third-order valence-corrected chi connectivity index (χ3v) is 12.8. The predicted molar refractivity (Wildman–Crippen MR) is 131 cm³/mol. The van der Waals surface area contributed by atoms with Gasteiger partial charge in [-0.3, -0.25) is 4.79 Å². The normalized spacial score (nSPS) is 56.6. The van der Waals surface area contributed by atoms with Gasteiger partial charge in [-0.25, -0.2) is 0 Å². The molecule has 184 valence electrons. The summed E-state index contributed by atoms with van der Waals surface area (Å²) in [5, 5.41) is 10.5. The molecule has 5 aliphatic carbocycles. The van der Waals surface area contributed by atoms with E-state index in [0.717, 1.165) is 44.6 Å². The second-order valence-electron chi connectivity index (χ2n) is 15.0. The van der Waals surface area contributed by atoms with E-state index in [9.17, 15) is 9.90 Å². The number of allylic oxidation sites excluding steroid dienone is 2. The van der Waals surface area contributed by atoms with Crippen LogP contribution in [0, 0.1) is 56.7 Å². The van der Waals surface area contributed by atoms with Crippen LogP contribution in [0.2, 0.25) is 0 Å². The van der Waals surface area contributed by atoms with E-state index in [1.54, 1.807) is 5.57 Å². The van der Waals surface area contributed by atoms with Crippen molar-refractivity contribution in [2.24, 2.45) is 56.7 Å². The van der Waals surface area contributed by atoms with E-state index < -0.39 is 11.4 Å². The van der Waals surface area contributed by atoms with E-state index in [1.165, 1.54) is 25.7 Å². The number of hydrogen-bond acceptors (Lipinski definition) is 2. The summed E-state index contributed by atoms with van der Waals surface area (Å²) in [6.45, 7) is 15.9. The second-order valence-corrected chi connectivity index (χ2v) is 15.0. The fourth-order valence-electron chi connectivity index (χ4n) is 11.3. The average Bonchev–Trinajstić information content (AvgIpc) is 2.71. The maximum Gasteiger partial charge on any atom is 0.310 e. The number of carboxylic acid groups (broad SMARTS) is 1. The van der Waals surface area contributed by atoms with Gasteiger partial charge in [0.05, 0.1) is 18.1 Å². The third kappa shape index (κ3) is 2.70. The van der Waals surface area contributed by atoms with Crippen molar-refractivity contribution in [1.82, 2.24) is 0 Å². The standard InChI is InChI=1S/C30H46O3/c1-18-15-30(25(31)32)14-13-26(2,3)16-20(30)19-7-8-21-27(4)12-10-23-29(6,17-33-23)22(27)9-11-28(21,5)24(18)19/h7,18,20-24H,8-17H2,1-6H3,(H,31,32)/t18-,20+,21+,22-,23+,24-,27-,28+,29-,30-/m0/s1. The SMILES string of the molecule is C[C@H]1C[C@@]2(C(=O)O)CCC(C)(C)C[C@@H]2C2=CC[C@@H]3[C@]4(C)CC[C@H]5OC[C@@]5(C)[C@H]4CC[C@@]3(C)[C@H]21. The third-order valence-electron chi connectivity index (χ3n) is 12.8. The molecule has 1 N–H and O–H groups in total. The minimum atomic E-state index is -0.531. The smallest absolute Gasteiger partial charge is 0.310 e. The Balaban J connectivity index is 1.42. The van der Waals surface area contributed by atoms with Crippen molar-refractivity contribution in [2.75, 3.05) is 6.61 Å². The Labute approximate surface area is 201 Å². The van der Waals surface area contributed by atoms with Gasteiger partial charge in [0.2, 0.25) is 0 Å². The van der Waals surface area contributed by atoms with Gasteiger partial charge >= 0.3 is 5.97 Å². The molecule has 3 heteroatoms. The molecule has 10 atom stereocenters. The van der Waals surface area contributed by atoms with Crippen molar-refractivity contribution in [3.8, 4) is 0 Å². The summed E-state index contributed by atoms with van der Waals surface area (Å²) in [5.74, 6) is 2.22. The molecule has 6 aliphatic rings. The molecule has 0 aromatic heterocycles. The van der Waals surface area contributed by atoms with Gasteiger partial charge in [0.25, 0.3) is 0 Å². The molecule has 1 saturated heterocycles. The molecule has 6 rings (SSSR count). The molecule has 3 nitrogen and oxygen atoms in total. The monoisotopic (exact) mass is 454 g/mol. The lowest BCUT2D eigenvalue weighted by atomic mass is 9.35. The van der Waals surface area contributed by atoms with Gasteiger partial charge in [-0.2, -0.15) is 0 Å². The van der Waals surface area contributed by atoms with Crippen LogP contribution >= 0.6 is 0 Å². The Morgan fingerprint density at radius 3 is 2.33 bits per heavy atom. The number of hydrogen-bond donors (Lipinski definition) is 1. The van der Waals surface area contributed by atoms with Crippen LogP contribution in [-0.2, 0) is 9.53 Å². The molecular weight excluding hydrogens is 408 g/mol. The first-order valence-electron chi connectivity index (χ1n) is 13.9. The van der Waals surface area contributed by atoms with Crippen LogP contribution in [0.4, 0.5) is 0 Å². The van der Waals surface area contributed by atoms with E-state index >= 15 is 0 Å². The van der Waals surface area contributed by atoms with Gasteiger partial charge in [0, 0.05) is 5.41 Å². The van der Waals surface area contributed by atoms with E-state index in [0.29, 0.717) is 40.1 Å².